The molecule has 1 atom stereocenters. The molecule has 5 heteroatoms. The highest BCUT2D eigenvalue weighted by Gasteiger charge is 2.14. The minimum absolute atomic E-state index is 0.174. The lowest BCUT2D eigenvalue weighted by Gasteiger charge is -2.15. The molecule has 0 bridgehead atoms. The second kappa shape index (κ2) is 6.37. The van der Waals surface area contributed by atoms with Gasteiger partial charge in [-0.3, -0.25) is 0 Å². The molecule has 0 saturated heterocycles. The quantitative estimate of drug-likeness (QED) is 0.896. The number of benzene rings is 2. The van der Waals surface area contributed by atoms with Crippen molar-refractivity contribution in [2.24, 2.45) is 5.73 Å². The number of hydrogen-bond donors (Lipinski definition) is 1. The minimum Gasteiger partial charge on any atom is -0.492 e. The van der Waals surface area contributed by atoms with Crippen molar-refractivity contribution in [3.8, 4) is 5.75 Å². The zero-order chi connectivity index (χ0) is 13.8. The Morgan fingerprint density at radius 2 is 2.00 bits per heavy atom. The summed E-state index contributed by atoms with van der Waals surface area (Å²) in [6.07, 6.45) is 0. The monoisotopic (exact) mass is 343 g/mol. The van der Waals surface area contributed by atoms with E-state index in [1.807, 2.05) is 0 Å². The summed E-state index contributed by atoms with van der Waals surface area (Å²) in [5.41, 5.74) is 6.35. The predicted molar refractivity (Wildman–Crippen MR) is 78.0 cm³/mol. The Labute approximate surface area is 124 Å². The van der Waals surface area contributed by atoms with Crippen LogP contribution in [-0.2, 0) is 0 Å². The van der Waals surface area contributed by atoms with Crippen LogP contribution in [0.5, 0.6) is 5.75 Å². The summed E-state index contributed by atoms with van der Waals surface area (Å²) in [5.74, 6) is 0.253. The normalized spacial score (nSPS) is 12.2. The summed E-state index contributed by atoms with van der Waals surface area (Å²) in [7, 11) is 0. The summed E-state index contributed by atoms with van der Waals surface area (Å²) in [6, 6.07) is 11.5. The molecule has 0 aliphatic heterocycles. The molecule has 0 fully saturated rings. The largest absolute Gasteiger partial charge is 0.492 e. The van der Waals surface area contributed by atoms with E-state index in [-0.39, 0.29) is 12.4 Å². The van der Waals surface area contributed by atoms with Crippen LogP contribution in [0.3, 0.4) is 0 Å². The molecule has 1 unspecified atom stereocenters. The molecule has 0 spiro atoms. The van der Waals surface area contributed by atoms with Gasteiger partial charge in [-0.05, 0) is 40.2 Å². The van der Waals surface area contributed by atoms with Crippen LogP contribution in [0.2, 0.25) is 5.02 Å². The van der Waals surface area contributed by atoms with E-state index in [2.05, 4.69) is 15.9 Å². The van der Waals surface area contributed by atoms with E-state index in [4.69, 9.17) is 22.1 Å². The second-order valence-corrected chi connectivity index (χ2v) is 5.31. The van der Waals surface area contributed by atoms with Crippen molar-refractivity contribution in [1.82, 2.24) is 0 Å². The first-order valence-corrected chi connectivity index (χ1v) is 6.83. The molecule has 2 aromatic carbocycles. The lowest BCUT2D eigenvalue weighted by molar-refractivity contribution is 0.287. The summed E-state index contributed by atoms with van der Waals surface area (Å²) < 4.78 is 19.7. The van der Waals surface area contributed by atoms with Gasteiger partial charge >= 0.3 is 0 Å². The number of ether oxygens (including phenoxy) is 1. The third-order valence-electron chi connectivity index (χ3n) is 2.61. The van der Waals surface area contributed by atoms with Crippen LogP contribution in [0, 0.1) is 5.82 Å². The standard InChI is InChI=1S/C14H12BrClFNO/c15-12-6-2-5-11(14(12)17)13(18)8-19-10-4-1-3-9(16)7-10/h1-7,13H,8,18H2. The van der Waals surface area contributed by atoms with Crippen molar-refractivity contribution in [3.63, 3.8) is 0 Å². The Morgan fingerprint density at radius 3 is 2.74 bits per heavy atom. The van der Waals surface area contributed by atoms with E-state index < -0.39 is 6.04 Å². The van der Waals surface area contributed by atoms with Crippen molar-refractivity contribution in [2.75, 3.05) is 6.61 Å². The molecular weight excluding hydrogens is 333 g/mol. The Kier molecular flexibility index (Phi) is 4.80. The molecule has 0 amide bonds. The van der Waals surface area contributed by atoms with Gasteiger partial charge in [0.25, 0.3) is 0 Å². The highest BCUT2D eigenvalue weighted by atomic mass is 79.9. The first kappa shape index (κ1) is 14.3. The zero-order valence-corrected chi connectivity index (χ0v) is 12.3. The number of hydrogen-bond acceptors (Lipinski definition) is 2. The molecule has 0 saturated carbocycles. The predicted octanol–water partition coefficient (Wildman–Crippen LogP) is 4.32. The van der Waals surface area contributed by atoms with Gasteiger partial charge in [-0.25, -0.2) is 4.39 Å². The maximum Gasteiger partial charge on any atom is 0.142 e. The lowest BCUT2D eigenvalue weighted by Crippen LogP contribution is -2.20. The second-order valence-electron chi connectivity index (χ2n) is 4.02. The van der Waals surface area contributed by atoms with Gasteiger partial charge in [-0.2, -0.15) is 0 Å². The van der Waals surface area contributed by atoms with Crippen molar-refractivity contribution in [2.45, 2.75) is 6.04 Å². The number of halogens is 3. The highest BCUT2D eigenvalue weighted by molar-refractivity contribution is 9.10. The zero-order valence-electron chi connectivity index (χ0n) is 9.95. The number of rotatable bonds is 4. The van der Waals surface area contributed by atoms with Gasteiger partial charge < -0.3 is 10.5 Å². The Bertz CT molecular complexity index is 579. The molecule has 100 valence electrons. The van der Waals surface area contributed by atoms with Gasteiger partial charge in [0.05, 0.1) is 10.5 Å². The van der Waals surface area contributed by atoms with E-state index in [0.29, 0.717) is 20.8 Å². The van der Waals surface area contributed by atoms with Gasteiger partial charge in [0.2, 0.25) is 0 Å². The Morgan fingerprint density at radius 1 is 1.26 bits per heavy atom. The van der Waals surface area contributed by atoms with Crippen molar-refractivity contribution in [3.05, 3.63) is 63.3 Å². The maximum atomic E-state index is 13.8. The summed E-state index contributed by atoms with van der Waals surface area (Å²) in [6.45, 7) is 0.174. The molecule has 2 N–H and O–H groups in total. The van der Waals surface area contributed by atoms with Crippen LogP contribution >= 0.6 is 27.5 Å². The lowest BCUT2D eigenvalue weighted by atomic mass is 10.1. The Hall–Kier alpha value is -1.10. The molecule has 0 heterocycles. The molecule has 0 aromatic heterocycles. The molecule has 19 heavy (non-hydrogen) atoms. The topological polar surface area (TPSA) is 35.2 Å². The van der Waals surface area contributed by atoms with E-state index in [0.717, 1.165) is 0 Å². The average Bonchev–Trinajstić information content (AvgIpc) is 2.39. The van der Waals surface area contributed by atoms with Gasteiger partial charge in [-0.1, -0.05) is 29.8 Å². The van der Waals surface area contributed by atoms with Crippen molar-refractivity contribution >= 4 is 27.5 Å². The third kappa shape index (κ3) is 3.69. The highest BCUT2D eigenvalue weighted by Crippen LogP contribution is 2.24. The first-order chi connectivity index (χ1) is 9.08. The fourth-order valence-electron chi connectivity index (χ4n) is 1.64. The van der Waals surface area contributed by atoms with E-state index >= 15 is 0 Å². The minimum atomic E-state index is -0.545. The van der Waals surface area contributed by atoms with Crippen molar-refractivity contribution < 1.29 is 9.13 Å². The maximum absolute atomic E-state index is 13.8. The smallest absolute Gasteiger partial charge is 0.142 e. The van der Waals surface area contributed by atoms with Crippen LogP contribution in [0.25, 0.3) is 0 Å². The molecule has 0 radical (unpaired) electrons. The van der Waals surface area contributed by atoms with Crippen LogP contribution in [0.15, 0.2) is 46.9 Å². The average molecular weight is 345 g/mol. The fraction of sp³-hybridized carbons (Fsp3) is 0.143. The number of nitrogens with two attached hydrogens (primary N) is 1. The van der Waals surface area contributed by atoms with E-state index in [1.165, 1.54) is 0 Å². The molecule has 2 rings (SSSR count). The molecule has 2 nitrogen and oxygen atoms in total. The molecular formula is C14H12BrClFNO. The summed E-state index contributed by atoms with van der Waals surface area (Å²) in [4.78, 5) is 0. The molecule has 0 aliphatic carbocycles. The molecule has 2 aromatic rings. The summed E-state index contributed by atoms with van der Waals surface area (Å²) >= 11 is 8.98. The van der Waals surface area contributed by atoms with Crippen LogP contribution < -0.4 is 10.5 Å². The van der Waals surface area contributed by atoms with Crippen LogP contribution in [0.4, 0.5) is 4.39 Å². The van der Waals surface area contributed by atoms with Crippen LogP contribution in [0.1, 0.15) is 11.6 Å². The summed E-state index contributed by atoms with van der Waals surface area (Å²) in [5, 5.41) is 0.583. The Balaban J connectivity index is 2.05. The van der Waals surface area contributed by atoms with Gasteiger partial charge in [0.1, 0.15) is 18.2 Å². The first-order valence-electron chi connectivity index (χ1n) is 5.66. The van der Waals surface area contributed by atoms with Crippen molar-refractivity contribution in [1.29, 1.82) is 0 Å². The molecule has 0 aliphatic rings. The van der Waals surface area contributed by atoms with E-state index in [1.54, 1.807) is 42.5 Å². The third-order valence-corrected chi connectivity index (χ3v) is 3.45. The van der Waals surface area contributed by atoms with Crippen LogP contribution in [-0.4, -0.2) is 6.61 Å². The van der Waals surface area contributed by atoms with Gasteiger partial charge in [0, 0.05) is 10.6 Å². The SMILES string of the molecule is NC(COc1cccc(Cl)c1)c1cccc(Br)c1F. The van der Waals surface area contributed by atoms with E-state index in [9.17, 15) is 4.39 Å². The fourth-order valence-corrected chi connectivity index (χ4v) is 2.20. The van der Waals surface area contributed by atoms with Gasteiger partial charge in [-0.15, -0.1) is 0 Å². The van der Waals surface area contributed by atoms with Gasteiger partial charge in [0.15, 0.2) is 0 Å².